The van der Waals surface area contributed by atoms with Crippen LogP contribution in [0.25, 0.3) is 0 Å². The van der Waals surface area contributed by atoms with Gasteiger partial charge < -0.3 is 15.2 Å². The average molecular weight is 508 g/mol. The standard InChI is InChI=1S/C26H22FN3O5S/c1-35-19-12-6-16(7-13-19)15-30-23(31)14-22(36-26(30)29-21-5-3-2-4-20(21)27)24(32)28-18-10-8-17(9-11-18)25(33)34/h2-13,22H,14-15H2,1H3,(H,28,32)(H,33,34)/t22-/m0/s1. The van der Waals surface area contributed by atoms with Gasteiger partial charge in [-0.15, -0.1) is 0 Å². The third kappa shape index (κ3) is 5.89. The van der Waals surface area contributed by atoms with E-state index in [1.807, 2.05) is 12.1 Å². The van der Waals surface area contributed by atoms with Crippen LogP contribution in [-0.4, -0.2) is 45.3 Å². The van der Waals surface area contributed by atoms with Crippen LogP contribution in [0.1, 0.15) is 22.3 Å². The number of aliphatic imine (C=N–C) groups is 1. The van der Waals surface area contributed by atoms with Crippen molar-refractivity contribution in [3.05, 3.63) is 89.7 Å². The molecule has 8 nitrogen and oxygen atoms in total. The lowest BCUT2D eigenvalue weighted by Gasteiger charge is -2.32. The fourth-order valence-electron chi connectivity index (χ4n) is 3.47. The van der Waals surface area contributed by atoms with E-state index in [2.05, 4.69) is 10.3 Å². The van der Waals surface area contributed by atoms with Gasteiger partial charge in [-0.3, -0.25) is 14.5 Å². The highest BCUT2D eigenvalue weighted by Crippen LogP contribution is 2.32. The highest BCUT2D eigenvalue weighted by atomic mass is 32.2. The number of amides is 2. The number of carboxylic acids is 1. The first kappa shape index (κ1) is 24.9. The summed E-state index contributed by atoms with van der Waals surface area (Å²) in [6, 6.07) is 18.8. The SMILES string of the molecule is COc1ccc(CN2C(=O)C[C@@H](C(=O)Nc3ccc(C(=O)O)cc3)SC2=Nc2ccccc2F)cc1. The molecule has 3 aromatic carbocycles. The maximum Gasteiger partial charge on any atom is 0.335 e. The number of nitrogens with zero attached hydrogens (tertiary/aromatic N) is 2. The van der Waals surface area contributed by atoms with Crippen LogP contribution in [0, 0.1) is 5.82 Å². The number of carboxylic acid groups (broad SMARTS) is 1. The van der Waals surface area contributed by atoms with Crippen molar-refractivity contribution in [1.82, 2.24) is 4.90 Å². The first-order valence-electron chi connectivity index (χ1n) is 10.9. The summed E-state index contributed by atoms with van der Waals surface area (Å²) in [5.74, 6) is -1.73. The van der Waals surface area contributed by atoms with E-state index in [4.69, 9.17) is 9.84 Å². The maximum atomic E-state index is 14.4. The number of hydrogen-bond acceptors (Lipinski definition) is 6. The van der Waals surface area contributed by atoms with Crippen LogP contribution in [0.15, 0.2) is 77.8 Å². The Hall–Kier alpha value is -4.18. The minimum atomic E-state index is -1.08. The van der Waals surface area contributed by atoms with Crippen molar-refractivity contribution in [3.8, 4) is 5.75 Å². The van der Waals surface area contributed by atoms with Gasteiger partial charge in [-0.05, 0) is 54.1 Å². The van der Waals surface area contributed by atoms with Crippen LogP contribution in [0.4, 0.5) is 15.8 Å². The normalized spacial score (nSPS) is 16.6. The molecule has 0 aliphatic carbocycles. The molecular weight excluding hydrogens is 485 g/mol. The summed E-state index contributed by atoms with van der Waals surface area (Å²) in [4.78, 5) is 43.0. The van der Waals surface area contributed by atoms with E-state index in [0.29, 0.717) is 11.4 Å². The molecule has 2 amide bonds. The molecule has 3 aromatic rings. The molecule has 0 spiro atoms. The van der Waals surface area contributed by atoms with Crippen molar-refractivity contribution in [2.24, 2.45) is 4.99 Å². The van der Waals surface area contributed by atoms with Gasteiger partial charge in [-0.25, -0.2) is 14.2 Å². The second-order valence-electron chi connectivity index (χ2n) is 7.86. The van der Waals surface area contributed by atoms with E-state index >= 15 is 0 Å². The van der Waals surface area contributed by atoms with E-state index in [9.17, 15) is 18.8 Å². The molecule has 1 fully saturated rings. The summed E-state index contributed by atoms with van der Waals surface area (Å²) in [6.07, 6.45) is -0.0871. The fraction of sp³-hybridized carbons (Fsp3) is 0.154. The Morgan fingerprint density at radius 3 is 2.44 bits per heavy atom. The van der Waals surface area contributed by atoms with Crippen molar-refractivity contribution in [2.75, 3.05) is 12.4 Å². The Labute approximate surface area is 210 Å². The van der Waals surface area contributed by atoms with Crippen molar-refractivity contribution in [2.45, 2.75) is 18.2 Å². The third-order valence-electron chi connectivity index (χ3n) is 5.40. The number of methoxy groups -OCH3 is 1. The monoisotopic (exact) mass is 507 g/mol. The molecule has 1 atom stereocenters. The highest BCUT2D eigenvalue weighted by molar-refractivity contribution is 8.15. The zero-order valence-corrected chi connectivity index (χ0v) is 20.0. The van der Waals surface area contributed by atoms with Crippen LogP contribution in [0.5, 0.6) is 5.75 Å². The van der Waals surface area contributed by atoms with Gasteiger partial charge in [0.05, 0.1) is 19.2 Å². The lowest BCUT2D eigenvalue weighted by atomic mass is 10.1. The zero-order valence-electron chi connectivity index (χ0n) is 19.2. The molecule has 1 heterocycles. The molecule has 0 unspecified atom stereocenters. The largest absolute Gasteiger partial charge is 0.497 e. The lowest BCUT2D eigenvalue weighted by Crippen LogP contribution is -2.44. The Morgan fingerprint density at radius 2 is 1.81 bits per heavy atom. The molecule has 0 saturated carbocycles. The number of hydrogen-bond donors (Lipinski definition) is 2. The van der Waals surface area contributed by atoms with Gasteiger partial charge in [-0.1, -0.05) is 36.0 Å². The van der Waals surface area contributed by atoms with E-state index < -0.39 is 22.9 Å². The molecule has 1 saturated heterocycles. The van der Waals surface area contributed by atoms with Crippen LogP contribution in [0.3, 0.4) is 0 Å². The molecule has 4 rings (SSSR count). The summed E-state index contributed by atoms with van der Waals surface area (Å²) in [7, 11) is 1.56. The zero-order chi connectivity index (χ0) is 25.7. The van der Waals surface area contributed by atoms with E-state index in [0.717, 1.165) is 17.3 Å². The number of amidine groups is 1. The first-order valence-corrected chi connectivity index (χ1v) is 11.8. The summed E-state index contributed by atoms with van der Waals surface area (Å²) in [5, 5.41) is 11.1. The van der Waals surface area contributed by atoms with Gasteiger partial charge in [0.15, 0.2) is 5.17 Å². The molecule has 1 aliphatic rings. The topological polar surface area (TPSA) is 108 Å². The molecule has 0 aromatic heterocycles. The van der Waals surface area contributed by atoms with Crippen LogP contribution in [-0.2, 0) is 16.1 Å². The van der Waals surface area contributed by atoms with Crippen LogP contribution < -0.4 is 10.1 Å². The van der Waals surface area contributed by atoms with Crippen molar-refractivity contribution in [1.29, 1.82) is 0 Å². The van der Waals surface area contributed by atoms with E-state index in [1.54, 1.807) is 31.4 Å². The maximum absolute atomic E-state index is 14.4. The van der Waals surface area contributed by atoms with Crippen LogP contribution in [0.2, 0.25) is 0 Å². The minimum Gasteiger partial charge on any atom is -0.497 e. The predicted octanol–water partition coefficient (Wildman–Crippen LogP) is 4.69. The molecule has 36 heavy (non-hydrogen) atoms. The molecule has 0 radical (unpaired) electrons. The van der Waals surface area contributed by atoms with E-state index in [1.165, 1.54) is 41.3 Å². The molecule has 184 valence electrons. The quantitative estimate of drug-likeness (QED) is 0.480. The summed E-state index contributed by atoms with van der Waals surface area (Å²) < 4.78 is 19.5. The average Bonchev–Trinajstić information content (AvgIpc) is 2.88. The highest BCUT2D eigenvalue weighted by Gasteiger charge is 2.36. The molecule has 0 bridgehead atoms. The Balaban J connectivity index is 1.58. The second kappa shape index (κ2) is 11.0. The Morgan fingerprint density at radius 1 is 1.11 bits per heavy atom. The number of anilines is 1. The van der Waals surface area contributed by atoms with Gasteiger partial charge >= 0.3 is 5.97 Å². The summed E-state index contributed by atoms with van der Waals surface area (Å²) in [5.41, 5.74) is 1.35. The number of aromatic carboxylic acids is 1. The van der Waals surface area contributed by atoms with Crippen molar-refractivity contribution >= 4 is 46.1 Å². The smallest absolute Gasteiger partial charge is 0.335 e. The Bertz CT molecular complexity index is 1310. The minimum absolute atomic E-state index is 0.0536. The number of carbonyl (C=O) groups excluding carboxylic acids is 2. The van der Waals surface area contributed by atoms with Crippen molar-refractivity contribution in [3.63, 3.8) is 0 Å². The number of halogens is 1. The van der Waals surface area contributed by atoms with Gasteiger partial charge in [0.2, 0.25) is 11.8 Å². The number of ether oxygens (including phenoxy) is 1. The van der Waals surface area contributed by atoms with Gasteiger partial charge in [0, 0.05) is 12.1 Å². The fourth-order valence-corrected chi connectivity index (χ4v) is 4.57. The van der Waals surface area contributed by atoms with E-state index in [-0.39, 0.29) is 35.3 Å². The number of thioether (sulfide) groups is 1. The predicted molar refractivity (Wildman–Crippen MR) is 135 cm³/mol. The molecule has 10 heteroatoms. The third-order valence-corrected chi connectivity index (χ3v) is 6.59. The number of rotatable bonds is 7. The van der Waals surface area contributed by atoms with Gasteiger partial charge in [-0.2, -0.15) is 0 Å². The molecule has 1 aliphatic heterocycles. The van der Waals surface area contributed by atoms with Gasteiger partial charge in [0.1, 0.15) is 22.5 Å². The van der Waals surface area contributed by atoms with Gasteiger partial charge in [0.25, 0.3) is 0 Å². The number of carbonyl (C=O) groups is 3. The Kier molecular flexibility index (Phi) is 7.65. The summed E-state index contributed by atoms with van der Waals surface area (Å²) in [6.45, 7) is 0.189. The molecular formula is C26H22FN3O5S. The van der Waals surface area contributed by atoms with Crippen molar-refractivity contribution < 1.29 is 28.6 Å². The summed E-state index contributed by atoms with van der Waals surface area (Å²) >= 11 is 1.07. The second-order valence-corrected chi connectivity index (χ2v) is 9.03. The number of nitrogens with one attached hydrogen (secondary N) is 1. The lowest BCUT2D eigenvalue weighted by molar-refractivity contribution is -0.129. The first-order chi connectivity index (χ1) is 17.3. The number of benzene rings is 3. The molecule has 2 N–H and O–H groups in total. The van der Waals surface area contributed by atoms with Crippen LogP contribution >= 0.6 is 11.8 Å². The number of para-hydroxylation sites is 1.